The Labute approximate surface area is 107 Å². The van der Waals surface area contributed by atoms with E-state index in [-0.39, 0.29) is 18.0 Å². The standard InChI is InChI=1S/C11H12N2O4S/c14-10(9-6-8(11(15)16)13-17-9)12-4-3-7-2-1-5-18-7/h1-2,5,9H,3-4,6H2,(H,12,14)(H,15,16). The van der Waals surface area contributed by atoms with Gasteiger partial charge in [0.2, 0.25) is 6.10 Å². The Kier molecular flexibility index (Phi) is 3.93. The number of aliphatic carboxylic acids is 1. The molecule has 0 aromatic carbocycles. The van der Waals surface area contributed by atoms with Crippen LogP contribution in [0.25, 0.3) is 0 Å². The average molecular weight is 268 g/mol. The second-order valence-corrected chi connectivity index (χ2v) is 4.79. The minimum absolute atomic E-state index is 0.0141. The zero-order valence-corrected chi connectivity index (χ0v) is 10.3. The lowest BCUT2D eigenvalue weighted by Crippen LogP contribution is -2.36. The van der Waals surface area contributed by atoms with E-state index in [9.17, 15) is 9.59 Å². The van der Waals surface area contributed by atoms with Crippen molar-refractivity contribution in [3.63, 3.8) is 0 Å². The van der Waals surface area contributed by atoms with Crippen molar-refractivity contribution in [2.45, 2.75) is 18.9 Å². The Morgan fingerprint density at radius 2 is 2.44 bits per heavy atom. The molecule has 6 nitrogen and oxygen atoms in total. The maximum atomic E-state index is 11.6. The monoisotopic (exact) mass is 268 g/mol. The predicted octanol–water partition coefficient (Wildman–Crippen LogP) is 0.636. The number of carboxylic acid groups (broad SMARTS) is 1. The van der Waals surface area contributed by atoms with Crippen LogP contribution in [0.3, 0.4) is 0 Å². The zero-order valence-electron chi connectivity index (χ0n) is 9.46. The first kappa shape index (κ1) is 12.6. The summed E-state index contributed by atoms with van der Waals surface area (Å²) >= 11 is 1.63. The molecule has 0 bridgehead atoms. The van der Waals surface area contributed by atoms with Gasteiger partial charge in [0.25, 0.3) is 5.91 Å². The molecule has 1 atom stereocenters. The third-order valence-corrected chi connectivity index (χ3v) is 3.40. The number of nitrogens with zero attached hydrogens (tertiary/aromatic N) is 1. The third-order valence-electron chi connectivity index (χ3n) is 2.46. The van der Waals surface area contributed by atoms with Crippen LogP contribution in [0.1, 0.15) is 11.3 Å². The highest BCUT2D eigenvalue weighted by atomic mass is 32.1. The van der Waals surface area contributed by atoms with Gasteiger partial charge in [-0.2, -0.15) is 0 Å². The van der Waals surface area contributed by atoms with Gasteiger partial charge in [0.15, 0.2) is 5.71 Å². The summed E-state index contributed by atoms with van der Waals surface area (Å²) in [5.74, 6) is -1.48. The van der Waals surface area contributed by atoms with Crippen LogP contribution < -0.4 is 5.32 Å². The highest BCUT2D eigenvalue weighted by molar-refractivity contribution is 7.09. The molecule has 1 aromatic heterocycles. The van der Waals surface area contributed by atoms with E-state index in [1.165, 1.54) is 4.88 Å². The summed E-state index contributed by atoms with van der Waals surface area (Å²) in [5, 5.41) is 16.7. The van der Waals surface area contributed by atoms with E-state index < -0.39 is 12.1 Å². The van der Waals surface area contributed by atoms with Gasteiger partial charge in [-0.3, -0.25) is 4.79 Å². The second kappa shape index (κ2) is 5.63. The molecule has 2 rings (SSSR count). The van der Waals surface area contributed by atoms with Crippen molar-refractivity contribution in [1.82, 2.24) is 5.32 Å². The van der Waals surface area contributed by atoms with Crippen LogP contribution in [0.2, 0.25) is 0 Å². The molecule has 0 saturated carbocycles. The van der Waals surface area contributed by atoms with E-state index in [2.05, 4.69) is 10.5 Å². The van der Waals surface area contributed by atoms with Crippen molar-refractivity contribution >= 4 is 28.9 Å². The number of carbonyl (C=O) groups excluding carboxylic acids is 1. The smallest absolute Gasteiger partial charge is 0.353 e. The predicted molar refractivity (Wildman–Crippen MR) is 65.6 cm³/mol. The van der Waals surface area contributed by atoms with Crippen molar-refractivity contribution in [2.75, 3.05) is 6.54 Å². The fourth-order valence-corrected chi connectivity index (χ4v) is 2.23. The molecule has 1 aliphatic rings. The number of amides is 1. The summed E-state index contributed by atoms with van der Waals surface area (Å²) in [6.45, 7) is 0.502. The quantitative estimate of drug-likeness (QED) is 0.820. The number of carboxylic acids is 1. The van der Waals surface area contributed by atoms with E-state index in [4.69, 9.17) is 9.94 Å². The van der Waals surface area contributed by atoms with Crippen molar-refractivity contribution < 1.29 is 19.5 Å². The third kappa shape index (κ3) is 3.07. The van der Waals surface area contributed by atoms with Gasteiger partial charge in [-0.25, -0.2) is 4.79 Å². The van der Waals surface area contributed by atoms with Crippen molar-refractivity contribution in [2.24, 2.45) is 5.16 Å². The van der Waals surface area contributed by atoms with Gasteiger partial charge in [0, 0.05) is 17.8 Å². The molecule has 0 spiro atoms. The van der Waals surface area contributed by atoms with Gasteiger partial charge in [-0.1, -0.05) is 11.2 Å². The van der Waals surface area contributed by atoms with Gasteiger partial charge in [0.1, 0.15) is 0 Å². The fourth-order valence-electron chi connectivity index (χ4n) is 1.52. The molecule has 7 heteroatoms. The van der Waals surface area contributed by atoms with E-state index in [1.807, 2.05) is 17.5 Å². The van der Waals surface area contributed by atoms with E-state index in [1.54, 1.807) is 11.3 Å². The van der Waals surface area contributed by atoms with Gasteiger partial charge >= 0.3 is 5.97 Å². The first-order valence-electron chi connectivity index (χ1n) is 5.43. The van der Waals surface area contributed by atoms with Crippen molar-refractivity contribution in [1.29, 1.82) is 0 Å². The molecule has 0 saturated heterocycles. The summed E-state index contributed by atoms with van der Waals surface area (Å²) in [4.78, 5) is 28.2. The Balaban J connectivity index is 1.72. The normalized spacial score (nSPS) is 18.0. The fraction of sp³-hybridized carbons (Fsp3) is 0.364. The first-order chi connectivity index (χ1) is 8.66. The number of rotatable bonds is 5. The maximum absolute atomic E-state index is 11.6. The Hall–Kier alpha value is -1.89. The number of nitrogens with one attached hydrogen (secondary N) is 1. The number of carbonyl (C=O) groups is 2. The van der Waals surface area contributed by atoms with Gasteiger partial charge in [0.05, 0.1) is 0 Å². The minimum atomic E-state index is -1.15. The van der Waals surface area contributed by atoms with Crippen LogP contribution in [0, 0.1) is 0 Å². The summed E-state index contributed by atoms with van der Waals surface area (Å²) < 4.78 is 0. The van der Waals surface area contributed by atoms with Crippen LogP contribution in [0.5, 0.6) is 0 Å². The van der Waals surface area contributed by atoms with Crippen molar-refractivity contribution in [3.05, 3.63) is 22.4 Å². The minimum Gasteiger partial charge on any atom is -0.477 e. The van der Waals surface area contributed by atoms with E-state index >= 15 is 0 Å². The molecule has 1 unspecified atom stereocenters. The van der Waals surface area contributed by atoms with Crippen LogP contribution >= 0.6 is 11.3 Å². The Morgan fingerprint density at radius 1 is 1.61 bits per heavy atom. The molecule has 1 amide bonds. The van der Waals surface area contributed by atoms with E-state index in [0.717, 1.165) is 6.42 Å². The van der Waals surface area contributed by atoms with Gasteiger partial charge in [-0.05, 0) is 17.9 Å². The highest BCUT2D eigenvalue weighted by Gasteiger charge is 2.31. The topological polar surface area (TPSA) is 88.0 Å². The first-order valence-corrected chi connectivity index (χ1v) is 6.31. The number of hydrogen-bond donors (Lipinski definition) is 2. The molecule has 1 aliphatic heterocycles. The van der Waals surface area contributed by atoms with Crippen LogP contribution in [-0.4, -0.2) is 35.3 Å². The molecule has 2 N–H and O–H groups in total. The lowest BCUT2D eigenvalue weighted by molar-refractivity contribution is -0.131. The molecular formula is C11H12N2O4S. The van der Waals surface area contributed by atoms with Crippen LogP contribution in [-0.2, 0) is 20.8 Å². The largest absolute Gasteiger partial charge is 0.477 e. The molecule has 96 valence electrons. The van der Waals surface area contributed by atoms with Crippen LogP contribution in [0.4, 0.5) is 0 Å². The van der Waals surface area contributed by atoms with E-state index in [0.29, 0.717) is 6.54 Å². The van der Waals surface area contributed by atoms with Crippen LogP contribution in [0.15, 0.2) is 22.7 Å². The summed E-state index contributed by atoms with van der Waals surface area (Å²) in [6.07, 6.45) is -0.0532. The molecule has 1 aromatic rings. The SMILES string of the molecule is O=C(O)C1=NOC(C(=O)NCCc2cccs2)C1. The Bertz CT molecular complexity index is 469. The molecule has 0 aliphatic carbocycles. The summed E-state index contributed by atoms with van der Waals surface area (Å²) in [6, 6.07) is 3.95. The zero-order chi connectivity index (χ0) is 13.0. The summed E-state index contributed by atoms with van der Waals surface area (Å²) in [5.41, 5.74) is -0.117. The molecular weight excluding hydrogens is 256 g/mol. The Morgan fingerprint density at radius 3 is 3.06 bits per heavy atom. The maximum Gasteiger partial charge on any atom is 0.353 e. The number of hydrogen-bond acceptors (Lipinski definition) is 5. The lowest BCUT2D eigenvalue weighted by Gasteiger charge is -2.08. The molecule has 0 radical (unpaired) electrons. The second-order valence-electron chi connectivity index (χ2n) is 3.76. The molecule has 0 fully saturated rings. The average Bonchev–Trinajstić information content (AvgIpc) is 2.99. The highest BCUT2D eigenvalue weighted by Crippen LogP contribution is 2.11. The molecule has 18 heavy (non-hydrogen) atoms. The summed E-state index contributed by atoms with van der Waals surface area (Å²) in [7, 11) is 0. The number of thiophene rings is 1. The lowest BCUT2D eigenvalue weighted by atomic mass is 10.1. The van der Waals surface area contributed by atoms with Gasteiger partial charge in [-0.15, -0.1) is 11.3 Å². The molecule has 2 heterocycles. The van der Waals surface area contributed by atoms with Crippen molar-refractivity contribution in [3.8, 4) is 0 Å². The number of oxime groups is 1. The van der Waals surface area contributed by atoms with Gasteiger partial charge < -0.3 is 15.3 Å².